The van der Waals surface area contributed by atoms with Crippen molar-refractivity contribution < 1.29 is 9.84 Å². The van der Waals surface area contributed by atoms with Crippen LogP contribution in [-0.2, 0) is 7.05 Å². The summed E-state index contributed by atoms with van der Waals surface area (Å²) in [6, 6.07) is 5.49. The summed E-state index contributed by atoms with van der Waals surface area (Å²) in [4.78, 5) is 0. The van der Waals surface area contributed by atoms with Crippen LogP contribution < -0.4 is 4.74 Å². The van der Waals surface area contributed by atoms with Gasteiger partial charge in [-0.3, -0.25) is 0 Å². The van der Waals surface area contributed by atoms with Gasteiger partial charge in [0, 0.05) is 11.5 Å². The van der Waals surface area contributed by atoms with Crippen LogP contribution in [0.1, 0.15) is 24.4 Å². The maximum Gasteiger partial charge on any atom is 0.166 e. The van der Waals surface area contributed by atoms with Crippen molar-refractivity contribution in [2.45, 2.75) is 13.0 Å². The number of nitrogens with zero attached hydrogens (tertiary/aromatic N) is 3. The molecule has 0 amide bonds. The largest absolute Gasteiger partial charge is 0.494 e. The van der Waals surface area contributed by atoms with E-state index in [1.165, 1.54) is 0 Å². The van der Waals surface area contributed by atoms with Gasteiger partial charge in [0.1, 0.15) is 18.2 Å². The summed E-state index contributed by atoms with van der Waals surface area (Å²) in [5.74, 6) is 1.21. The summed E-state index contributed by atoms with van der Waals surface area (Å²) in [6.07, 6.45) is 0.731. The van der Waals surface area contributed by atoms with E-state index in [1.807, 2.05) is 19.1 Å². The summed E-state index contributed by atoms with van der Waals surface area (Å²) in [6.45, 7) is 2.50. The Labute approximate surface area is 114 Å². The fraction of sp³-hybridized carbons (Fsp3) is 0.333. The number of halogens is 1. The fourth-order valence-electron chi connectivity index (χ4n) is 1.68. The molecule has 2 aromatic rings. The van der Waals surface area contributed by atoms with Crippen molar-refractivity contribution >= 4 is 15.9 Å². The van der Waals surface area contributed by atoms with Crippen LogP contribution in [0.4, 0.5) is 0 Å². The summed E-state index contributed by atoms with van der Waals surface area (Å²) >= 11 is 3.40. The molecule has 1 N–H and O–H groups in total. The predicted octanol–water partition coefficient (Wildman–Crippen LogP) is 2.06. The molecule has 0 aliphatic rings. The van der Waals surface area contributed by atoms with Crippen LogP contribution in [0, 0.1) is 0 Å². The van der Waals surface area contributed by atoms with Crippen molar-refractivity contribution in [3.05, 3.63) is 40.4 Å². The zero-order chi connectivity index (χ0) is 13.1. The third kappa shape index (κ3) is 2.70. The van der Waals surface area contributed by atoms with E-state index in [-0.39, 0.29) is 0 Å². The van der Waals surface area contributed by atoms with Crippen molar-refractivity contribution in [3.63, 3.8) is 0 Å². The maximum atomic E-state index is 10.3. The lowest BCUT2D eigenvalue weighted by atomic mass is 10.1. The quantitative estimate of drug-likeness (QED) is 0.939. The second-order valence-corrected chi connectivity index (χ2v) is 4.77. The van der Waals surface area contributed by atoms with Crippen LogP contribution in [0.2, 0.25) is 0 Å². The number of rotatable bonds is 4. The molecule has 0 bridgehead atoms. The number of benzene rings is 1. The molecule has 1 aromatic heterocycles. The molecule has 1 heterocycles. The smallest absolute Gasteiger partial charge is 0.166 e. The molecule has 0 aliphatic carbocycles. The number of aliphatic hydroxyl groups is 1. The van der Waals surface area contributed by atoms with E-state index in [0.29, 0.717) is 23.7 Å². The van der Waals surface area contributed by atoms with E-state index >= 15 is 0 Å². The van der Waals surface area contributed by atoms with Crippen molar-refractivity contribution in [3.8, 4) is 5.75 Å². The van der Waals surface area contributed by atoms with E-state index in [0.717, 1.165) is 4.47 Å². The fourth-order valence-corrected chi connectivity index (χ4v) is 2.17. The lowest BCUT2D eigenvalue weighted by molar-refractivity contribution is 0.205. The molecular formula is C12H14BrN3O2. The Hall–Kier alpha value is -1.40. The van der Waals surface area contributed by atoms with Gasteiger partial charge in [0.2, 0.25) is 0 Å². The van der Waals surface area contributed by atoms with Gasteiger partial charge in [-0.2, -0.15) is 0 Å². The minimum Gasteiger partial charge on any atom is -0.494 e. The normalized spacial score (nSPS) is 12.4. The number of aryl methyl sites for hydroxylation is 1. The third-order valence-electron chi connectivity index (χ3n) is 2.51. The molecular weight excluding hydrogens is 298 g/mol. The van der Waals surface area contributed by atoms with Crippen molar-refractivity contribution in [2.24, 2.45) is 7.05 Å². The minimum atomic E-state index is -0.825. The van der Waals surface area contributed by atoms with E-state index in [4.69, 9.17) is 4.74 Å². The molecule has 0 fully saturated rings. The predicted molar refractivity (Wildman–Crippen MR) is 70.4 cm³/mol. The highest BCUT2D eigenvalue weighted by atomic mass is 79.9. The molecule has 1 aromatic carbocycles. The summed E-state index contributed by atoms with van der Waals surface area (Å²) in [5, 5.41) is 17.9. The van der Waals surface area contributed by atoms with Crippen LogP contribution in [0.3, 0.4) is 0 Å². The van der Waals surface area contributed by atoms with Crippen LogP contribution in [0.5, 0.6) is 5.75 Å². The molecule has 96 valence electrons. The number of hydrogen-bond donors (Lipinski definition) is 1. The zero-order valence-corrected chi connectivity index (χ0v) is 11.8. The molecule has 1 atom stereocenters. The summed E-state index contributed by atoms with van der Waals surface area (Å²) in [5.41, 5.74) is 0.712. The highest BCUT2D eigenvalue weighted by molar-refractivity contribution is 9.10. The monoisotopic (exact) mass is 311 g/mol. The lowest BCUT2D eigenvalue weighted by Crippen LogP contribution is -2.07. The first-order chi connectivity index (χ1) is 8.61. The second-order valence-electron chi connectivity index (χ2n) is 3.86. The Morgan fingerprint density at radius 3 is 2.83 bits per heavy atom. The molecule has 0 aliphatic heterocycles. The van der Waals surface area contributed by atoms with Gasteiger partial charge in [0.25, 0.3) is 0 Å². The highest BCUT2D eigenvalue weighted by Gasteiger charge is 2.17. The van der Waals surface area contributed by atoms with E-state index in [2.05, 4.69) is 26.1 Å². The number of aromatic nitrogens is 3. The standard InChI is InChI=1S/C12H14BrN3O2/c1-3-18-10-5-8(4-9(13)6-10)11(17)12-15-14-7-16(12)2/h4-7,11,17H,3H2,1-2H3. The Bertz CT molecular complexity index is 542. The first-order valence-corrected chi connectivity index (χ1v) is 6.36. The van der Waals surface area contributed by atoms with Gasteiger partial charge in [0.05, 0.1) is 6.61 Å². The van der Waals surface area contributed by atoms with Crippen LogP contribution in [0.15, 0.2) is 29.0 Å². The van der Waals surface area contributed by atoms with Gasteiger partial charge < -0.3 is 14.4 Å². The maximum absolute atomic E-state index is 10.3. The van der Waals surface area contributed by atoms with Gasteiger partial charge in [0.15, 0.2) is 5.82 Å². The Morgan fingerprint density at radius 2 is 2.22 bits per heavy atom. The third-order valence-corrected chi connectivity index (χ3v) is 2.97. The molecule has 1 unspecified atom stereocenters. The van der Waals surface area contributed by atoms with Gasteiger partial charge >= 0.3 is 0 Å². The summed E-state index contributed by atoms with van der Waals surface area (Å²) in [7, 11) is 1.79. The molecule has 2 rings (SSSR count). The van der Waals surface area contributed by atoms with Crippen LogP contribution >= 0.6 is 15.9 Å². The molecule has 6 heteroatoms. The van der Waals surface area contributed by atoms with Crippen LogP contribution in [-0.4, -0.2) is 26.5 Å². The van der Waals surface area contributed by atoms with Gasteiger partial charge in [-0.05, 0) is 30.7 Å². The Balaban J connectivity index is 2.35. The number of ether oxygens (including phenoxy) is 1. The van der Waals surface area contributed by atoms with Gasteiger partial charge in [-0.15, -0.1) is 10.2 Å². The van der Waals surface area contributed by atoms with E-state index < -0.39 is 6.10 Å². The molecule has 5 nitrogen and oxygen atoms in total. The zero-order valence-electron chi connectivity index (χ0n) is 10.2. The molecule has 18 heavy (non-hydrogen) atoms. The highest BCUT2D eigenvalue weighted by Crippen LogP contribution is 2.28. The molecule has 0 saturated heterocycles. The van der Waals surface area contributed by atoms with Crippen molar-refractivity contribution in [1.82, 2.24) is 14.8 Å². The van der Waals surface area contributed by atoms with Gasteiger partial charge in [-0.25, -0.2) is 0 Å². The van der Waals surface area contributed by atoms with Crippen molar-refractivity contribution in [2.75, 3.05) is 6.61 Å². The topological polar surface area (TPSA) is 60.2 Å². The molecule has 0 radical (unpaired) electrons. The number of hydrogen-bond acceptors (Lipinski definition) is 4. The Morgan fingerprint density at radius 1 is 1.44 bits per heavy atom. The molecule has 0 saturated carbocycles. The van der Waals surface area contributed by atoms with Crippen molar-refractivity contribution in [1.29, 1.82) is 0 Å². The first kappa shape index (κ1) is 13.0. The van der Waals surface area contributed by atoms with E-state index in [9.17, 15) is 5.11 Å². The lowest BCUT2D eigenvalue weighted by Gasteiger charge is -2.12. The van der Waals surface area contributed by atoms with Crippen LogP contribution in [0.25, 0.3) is 0 Å². The van der Waals surface area contributed by atoms with Gasteiger partial charge in [-0.1, -0.05) is 15.9 Å². The minimum absolute atomic E-state index is 0.496. The molecule has 0 spiro atoms. The SMILES string of the molecule is CCOc1cc(Br)cc(C(O)c2nncn2C)c1. The second kappa shape index (κ2) is 5.49. The first-order valence-electron chi connectivity index (χ1n) is 5.57. The summed E-state index contributed by atoms with van der Waals surface area (Å²) < 4.78 is 7.98. The average Bonchev–Trinajstić information content (AvgIpc) is 2.74. The Kier molecular flexibility index (Phi) is 3.98. The number of aliphatic hydroxyl groups excluding tert-OH is 1. The van der Waals surface area contributed by atoms with E-state index in [1.54, 1.807) is 24.0 Å². The average molecular weight is 312 g/mol.